The van der Waals surface area contributed by atoms with Gasteiger partial charge in [0.25, 0.3) is 0 Å². The van der Waals surface area contributed by atoms with Gasteiger partial charge in [0.2, 0.25) is 0 Å². The molecule has 2 atom stereocenters. The highest BCUT2D eigenvalue weighted by Crippen LogP contribution is 2.21. The zero-order valence-corrected chi connectivity index (χ0v) is 9.40. The van der Waals surface area contributed by atoms with Crippen molar-refractivity contribution in [1.29, 1.82) is 0 Å². The molecule has 18 heavy (non-hydrogen) atoms. The molecule has 96 valence electrons. The lowest BCUT2D eigenvalue weighted by Crippen LogP contribution is -2.19. The van der Waals surface area contributed by atoms with Crippen LogP contribution in [0.5, 0.6) is 0 Å². The molecule has 0 aromatic heterocycles. The second-order valence-electron chi connectivity index (χ2n) is 3.65. The van der Waals surface area contributed by atoms with Gasteiger partial charge in [-0.05, 0) is 29.6 Å². The van der Waals surface area contributed by atoms with Crippen LogP contribution in [0, 0.1) is 5.82 Å². The summed E-state index contributed by atoms with van der Waals surface area (Å²) in [7, 11) is 0. The molecule has 1 aromatic carbocycles. The van der Waals surface area contributed by atoms with Gasteiger partial charge < -0.3 is 10.2 Å². The molecule has 0 radical (unpaired) electrons. The number of halogens is 1. The minimum absolute atomic E-state index is 0.0314. The predicted octanol–water partition coefficient (Wildman–Crippen LogP) is 1.73. The van der Waals surface area contributed by atoms with Crippen molar-refractivity contribution in [3.05, 3.63) is 45.6 Å². The van der Waals surface area contributed by atoms with Gasteiger partial charge >= 0.3 is 0 Å². The largest absolute Gasteiger partial charge is 0.390 e. The molecule has 1 rings (SSSR count). The Kier molecular flexibility index (Phi) is 5.26. The van der Waals surface area contributed by atoms with Gasteiger partial charge in [-0.2, -0.15) is 0 Å². The van der Waals surface area contributed by atoms with E-state index in [0.717, 1.165) is 6.07 Å². The highest BCUT2D eigenvalue weighted by Gasteiger charge is 2.18. The quantitative estimate of drug-likeness (QED) is 0.349. The molecule has 1 aromatic rings. The van der Waals surface area contributed by atoms with E-state index >= 15 is 0 Å². The van der Waals surface area contributed by atoms with E-state index in [1.54, 1.807) is 0 Å². The Balaban J connectivity index is 2.76. The first-order valence-corrected chi connectivity index (χ1v) is 5.21. The fourth-order valence-corrected chi connectivity index (χ4v) is 1.44. The third-order valence-corrected chi connectivity index (χ3v) is 2.45. The van der Waals surface area contributed by atoms with Crippen molar-refractivity contribution in [2.24, 2.45) is 5.11 Å². The summed E-state index contributed by atoms with van der Waals surface area (Å²) in [6.45, 7) is 0.0314. The van der Waals surface area contributed by atoms with Crippen LogP contribution in [0.4, 0.5) is 4.39 Å². The summed E-state index contributed by atoms with van der Waals surface area (Å²) in [6, 6.07) is 3.57. The van der Waals surface area contributed by atoms with Crippen LogP contribution in [-0.4, -0.2) is 29.1 Å². The summed E-state index contributed by atoms with van der Waals surface area (Å²) >= 11 is 0. The van der Waals surface area contributed by atoms with Gasteiger partial charge in [-0.15, -0.1) is 0 Å². The second-order valence-corrected chi connectivity index (χ2v) is 3.65. The fourth-order valence-electron chi connectivity index (χ4n) is 1.44. The summed E-state index contributed by atoms with van der Waals surface area (Å²) in [5.41, 5.74) is 8.10. The van der Waals surface area contributed by atoms with Crippen molar-refractivity contribution in [3.8, 4) is 0 Å². The average molecular weight is 253 g/mol. The van der Waals surface area contributed by atoms with Gasteiger partial charge in [-0.25, -0.2) is 4.39 Å². The van der Waals surface area contributed by atoms with Crippen LogP contribution in [0.1, 0.15) is 28.4 Å². The number of aliphatic hydroxyl groups is 2. The molecule has 0 saturated carbocycles. The number of azide groups is 1. The smallest absolute Gasteiger partial charge is 0.152 e. The van der Waals surface area contributed by atoms with Crippen LogP contribution in [0.2, 0.25) is 0 Å². The van der Waals surface area contributed by atoms with Crippen LogP contribution >= 0.6 is 0 Å². The first-order valence-electron chi connectivity index (χ1n) is 5.21. The maximum atomic E-state index is 13.3. The predicted molar refractivity (Wildman–Crippen MR) is 61.4 cm³/mol. The van der Waals surface area contributed by atoms with Crippen molar-refractivity contribution in [1.82, 2.24) is 0 Å². The maximum Gasteiger partial charge on any atom is 0.152 e. The Labute approximate surface area is 102 Å². The minimum Gasteiger partial charge on any atom is -0.390 e. The lowest BCUT2D eigenvalue weighted by atomic mass is 10.0. The average Bonchev–Trinajstić information content (AvgIpc) is 2.38. The lowest BCUT2D eigenvalue weighted by Gasteiger charge is -2.17. The third-order valence-electron chi connectivity index (χ3n) is 2.45. The number of benzene rings is 1. The first kappa shape index (κ1) is 14.1. The van der Waals surface area contributed by atoms with Gasteiger partial charge in [-0.3, -0.25) is 4.79 Å². The SMILES string of the molecule is [N-]=[N+]=NCCC(O)C(O)c1ccc(C=O)c(F)c1. The van der Waals surface area contributed by atoms with Crippen LogP contribution < -0.4 is 0 Å². The molecule has 0 fully saturated rings. The number of nitrogens with zero attached hydrogens (tertiary/aromatic N) is 3. The summed E-state index contributed by atoms with van der Waals surface area (Å²) in [5, 5.41) is 22.5. The topological polar surface area (TPSA) is 106 Å². The van der Waals surface area contributed by atoms with Crippen LogP contribution in [0.15, 0.2) is 23.3 Å². The monoisotopic (exact) mass is 253 g/mol. The molecule has 0 bridgehead atoms. The normalized spacial score (nSPS) is 13.5. The van der Waals surface area contributed by atoms with Crippen LogP contribution in [0.25, 0.3) is 10.4 Å². The second kappa shape index (κ2) is 6.70. The molecule has 0 heterocycles. The molecule has 0 aliphatic rings. The summed E-state index contributed by atoms with van der Waals surface area (Å²) in [4.78, 5) is 12.9. The van der Waals surface area contributed by atoms with E-state index in [-0.39, 0.29) is 24.1 Å². The molecule has 7 heteroatoms. The number of hydrogen-bond acceptors (Lipinski definition) is 4. The van der Waals surface area contributed by atoms with Crippen molar-refractivity contribution in [2.45, 2.75) is 18.6 Å². The van der Waals surface area contributed by atoms with Gasteiger partial charge in [0, 0.05) is 11.5 Å². The Bertz CT molecular complexity index is 475. The van der Waals surface area contributed by atoms with E-state index in [2.05, 4.69) is 10.0 Å². The molecular formula is C11H12FN3O3. The van der Waals surface area contributed by atoms with Gasteiger partial charge in [0.05, 0.1) is 11.7 Å². The number of carbonyl (C=O) groups is 1. The van der Waals surface area contributed by atoms with Crippen LogP contribution in [-0.2, 0) is 0 Å². The molecule has 0 saturated heterocycles. The molecular weight excluding hydrogens is 241 g/mol. The summed E-state index contributed by atoms with van der Waals surface area (Å²) in [6.07, 6.45) is -2.04. The maximum absolute atomic E-state index is 13.3. The Morgan fingerprint density at radius 1 is 1.50 bits per heavy atom. The molecule has 2 N–H and O–H groups in total. The third kappa shape index (κ3) is 3.53. The number of hydrogen-bond donors (Lipinski definition) is 2. The summed E-state index contributed by atoms with van der Waals surface area (Å²) < 4.78 is 13.3. The Morgan fingerprint density at radius 2 is 2.22 bits per heavy atom. The van der Waals surface area contributed by atoms with Gasteiger partial charge in [-0.1, -0.05) is 11.2 Å². The number of carbonyl (C=O) groups excluding carboxylic acids is 1. The zero-order valence-electron chi connectivity index (χ0n) is 9.40. The van der Waals surface area contributed by atoms with E-state index < -0.39 is 18.0 Å². The Hall–Kier alpha value is -1.95. The van der Waals surface area contributed by atoms with Crippen molar-refractivity contribution >= 4 is 6.29 Å². The fraction of sp³-hybridized carbons (Fsp3) is 0.364. The first-order chi connectivity index (χ1) is 8.60. The number of rotatable bonds is 6. The van der Waals surface area contributed by atoms with Gasteiger partial charge in [0.1, 0.15) is 11.9 Å². The molecule has 0 amide bonds. The number of aldehydes is 1. The van der Waals surface area contributed by atoms with Crippen molar-refractivity contribution in [3.63, 3.8) is 0 Å². The molecule has 0 aliphatic heterocycles. The van der Waals surface area contributed by atoms with Crippen molar-refractivity contribution < 1.29 is 19.4 Å². The van der Waals surface area contributed by atoms with Gasteiger partial charge in [0.15, 0.2) is 6.29 Å². The summed E-state index contributed by atoms with van der Waals surface area (Å²) in [5.74, 6) is -0.760. The zero-order chi connectivity index (χ0) is 13.5. The molecule has 0 aliphatic carbocycles. The molecule has 2 unspecified atom stereocenters. The van der Waals surface area contributed by atoms with Crippen molar-refractivity contribution in [2.75, 3.05) is 6.54 Å². The highest BCUT2D eigenvalue weighted by atomic mass is 19.1. The highest BCUT2D eigenvalue weighted by molar-refractivity contribution is 5.75. The van der Waals surface area contributed by atoms with E-state index in [1.807, 2.05) is 0 Å². The van der Waals surface area contributed by atoms with E-state index in [1.165, 1.54) is 12.1 Å². The van der Waals surface area contributed by atoms with E-state index in [0.29, 0.717) is 6.29 Å². The standard InChI is InChI=1S/C11H12FN3O3/c12-9-5-7(1-2-8(9)6-16)11(18)10(17)3-4-14-15-13/h1-2,5-6,10-11,17-18H,3-4H2. The van der Waals surface area contributed by atoms with E-state index in [9.17, 15) is 19.4 Å². The Morgan fingerprint density at radius 3 is 2.78 bits per heavy atom. The minimum atomic E-state index is -1.30. The number of aliphatic hydroxyl groups excluding tert-OH is 2. The lowest BCUT2D eigenvalue weighted by molar-refractivity contribution is 0.0149. The molecule has 0 spiro atoms. The molecule has 6 nitrogen and oxygen atoms in total. The van der Waals surface area contributed by atoms with E-state index in [4.69, 9.17) is 5.53 Å². The van der Waals surface area contributed by atoms with Crippen LogP contribution in [0.3, 0.4) is 0 Å².